The van der Waals surface area contributed by atoms with Crippen LogP contribution in [-0.2, 0) is 6.54 Å². The number of nitrogens with zero attached hydrogens (tertiary/aromatic N) is 5. The molecule has 2 aromatic heterocycles. The standard InChI is InChI=1S/C16H24N6O/c1-11(2)12-3-5-21(6-4-12)7-8-22-10-19-13-9-18-15(14(17)23)20-16(13)22/h9-12H,3-8H2,1-2H3,(H2,17,23). The van der Waals surface area contributed by atoms with Crippen molar-refractivity contribution in [3.63, 3.8) is 0 Å². The molecule has 0 atom stereocenters. The van der Waals surface area contributed by atoms with Gasteiger partial charge in [0.2, 0.25) is 5.82 Å². The third kappa shape index (κ3) is 3.50. The number of fused-ring (bicyclic) bond motifs is 1. The first-order valence-electron chi connectivity index (χ1n) is 8.24. The summed E-state index contributed by atoms with van der Waals surface area (Å²) in [6.45, 7) is 8.69. The Labute approximate surface area is 135 Å². The van der Waals surface area contributed by atoms with Gasteiger partial charge in [0, 0.05) is 13.1 Å². The highest BCUT2D eigenvalue weighted by atomic mass is 16.1. The molecule has 3 heterocycles. The quantitative estimate of drug-likeness (QED) is 0.898. The SMILES string of the molecule is CC(C)C1CCN(CCn2cnc3cnc(C(N)=O)nc32)CC1. The first-order chi connectivity index (χ1) is 11.0. The molecule has 3 rings (SSSR count). The molecule has 23 heavy (non-hydrogen) atoms. The zero-order valence-electron chi connectivity index (χ0n) is 13.8. The summed E-state index contributed by atoms with van der Waals surface area (Å²) in [6, 6.07) is 0. The third-order valence-electron chi connectivity index (χ3n) is 4.81. The summed E-state index contributed by atoms with van der Waals surface area (Å²) in [5, 5.41) is 0. The highest BCUT2D eigenvalue weighted by Crippen LogP contribution is 2.24. The minimum absolute atomic E-state index is 0.0389. The van der Waals surface area contributed by atoms with Crippen molar-refractivity contribution in [2.24, 2.45) is 17.6 Å². The predicted molar refractivity (Wildman–Crippen MR) is 87.8 cm³/mol. The van der Waals surface area contributed by atoms with E-state index in [4.69, 9.17) is 5.73 Å². The smallest absolute Gasteiger partial charge is 0.286 e. The fourth-order valence-corrected chi connectivity index (χ4v) is 3.23. The molecule has 1 saturated heterocycles. The Morgan fingerprint density at radius 2 is 2.04 bits per heavy atom. The number of hydrogen-bond donors (Lipinski definition) is 1. The number of carbonyl (C=O) groups is 1. The first kappa shape index (κ1) is 15.9. The van der Waals surface area contributed by atoms with E-state index in [9.17, 15) is 4.79 Å². The number of piperidine rings is 1. The second-order valence-electron chi connectivity index (χ2n) is 6.63. The van der Waals surface area contributed by atoms with Crippen molar-refractivity contribution in [1.29, 1.82) is 0 Å². The molecule has 1 fully saturated rings. The molecule has 0 unspecified atom stereocenters. The van der Waals surface area contributed by atoms with Crippen molar-refractivity contribution in [2.75, 3.05) is 19.6 Å². The van der Waals surface area contributed by atoms with Crippen LogP contribution in [0.4, 0.5) is 0 Å². The van der Waals surface area contributed by atoms with Gasteiger partial charge in [-0.15, -0.1) is 0 Å². The van der Waals surface area contributed by atoms with Crippen LogP contribution in [0.2, 0.25) is 0 Å². The number of rotatable bonds is 5. The van der Waals surface area contributed by atoms with Crippen molar-refractivity contribution in [2.45, 2.75) is 33.2 Å². The van der Waals surface area contributed by atoms with Gasteiger partial charge in [0.05, 0.1) is 12.5 Å². The second kappa shape index (κ2) is 6.62. The van der Waals surface area contributed by atoms with E-state index >= 15 is 0 Å². The largest absolute Gasteiger partial charge is 0.363 e. The Morgan fingerprint density at radius 3 is 2.70 bits per heavy atom. The lowest BCUT2D eigenvalue weighted by Gasteiger charge is -2.33. The van der Waals surface area contributed by atoms with Gasteiger partial charge in [-0.05, 0) is 37.8 Å². The predicted octanol–water partition coefficient (Wildman–Crippen LogP) is 1.29. The molecule has 1 aliphatic rings. The Bertz CT molecular complexity index is 687. The summed E-state index contributed by atoms with van der Waals surface area (Å²) in [5.74, 6) is 1.05. The molecule has 7 heteroatoms. The van der Waals surface area contributed by atoms with E-state index in [2.05, 4.69) is 33.7 Å². The van der Waals surface area contributed by atoms with Gasteiger partial charge < -0.3 is 15.2 Å². The number of primary amides is 1. The number of carbonyl (C=O) groups excluding carboxylic acids is 1. The average molecular weight is 316 g/mol. The summed E-state index contributed by atoms with van der Waals surface area (Å²) in [5.41, 5.74) is 6.61. The van der Waals surface area contributed by atoms with Crippen LogP contribution in [0, 0.1) is 11.8 Å². The molecule has 2 aromatic rings. The Kier molecular flexibility index (Phi) is 4.56. The van der Waals surface area contributed by atoms with Crippen molar-refractivity contribution < 1.29 is 4.79 Å². The van der Waals surface area contributed by atoms with Crippen LogP contribution >= 0.6 is 0 Å². The van der Waals surface area contributed by atoms with E-state index in [-0.39, 0.29) is 5.82 Å². The molecule has 0 bridgehead atoms. The maximum atomic E-state index is 11.2. The van der Waals surface area contributed by atoms with Crippen LogP contribution in [0.25, 0.3) is 11.2 Å². The molecule has 0 spiro atoms. The summed E-state index contributed by atoms with van der Waals surface area (Å²) in [4.78, 5) is 26.2. The Hall–Kier alpha value is -2.02. The molecule has 0 radical (unpaired) electrons. The molecule has 0 aromatic carbocycles. The maximum absolute atomic E-state index is 11.2. The lowest BCUT2D eigenvalue weighted by Crippen LogP contribution is -2.37. The van der Waals surface area contributed by atoms with Gasteiger partial charge in [-0.25, -0.2) is 15.0 Å². The zero-order chi connectivity index (χ0) is 16.4. The van der Waals surface area contributed by atoms with Gasteiger partial charge in [0.25, 0.3) is 5.91 Å². The van der Waals surface area contributed by atoms with Gasteiger partial charge >= 0.3 is 0 Å². The molecular weight excluding hydrogens is 292 g/mol. The van der Waals surface area contributed by atoms with Gasteiger partial charge in [-0.3, -0.25) is 4.79 Å². The third-order valence-corrected chi connectivity index (χ3v) is 4.81. The minimum atomic E-state index is -0.615. The molecule has 7 nitrogen and oxygen atoms in total. The normalized spacial score (nSPS) is 17.2. The number of amides is 1. The number of imidazole rings is 1. The summed E-state index contributed by atoms with van der Waals surface area (Å²) >= 11 is 0. The summed E-state index contributed by atoms with van der Waals surface area (Å²) in [7, 11) is 0. The van der Waals surface area contributed by atoms with Gasteiger partial charge in [0.15, 0.2) is 5.65 Å². The summed E-state index contributed by atoms with van der Waals surface area (Å²) < 4.78 is 1.97. The van der Waals surface area contributed by atoms with Crippen LogP contribution in [-0.4, -0.2) is 50.0 Å². The number of aromatic nitrogens is 4. The average Bonchev–Trinajstić information content (AvgIpc) is 2.95. The molecule has 0 saturated carbocycles. The Morgan fingerprint density at radius 1 is 1.30 bits per heavy atom. The van der Waals surface area contributed by atoms with Crippen LogP contribution in [0.15, 0.2) is 12.5 Å². The zero-order valence-corrected chi connectivity index (χ0v) is 13.8. The van der Waals surface area contributed by atoms with Crippen LogP contribution in [0.1, 0.15) is 37.3 Å². The molecule has 124 valence electrons. The van der Waals surface area contributed by atoms with Gasteiger partial charge in [-0.1, -0.05) is 13.8 Å². The maximum Gasteiger partial charge on any atom is 0.286 e. The molecule has 1 aliphatic heterocycles. The fourth-order valence-electron chi connectivity index (χ4n) is 3.23. The van der Waals surface area contributed by atoms with E-state index in [0.29, 0.717) is 11.2 Å². The summed E-state index contributed by atoms with van der Waals surface area (Å²) in [6.07, 6.45) is 5.85. The molecule has 0 aliphatic carbocycles. The van der Waals surface area contributed by atoms with Crippen molar-refractivity contribution in [1.82, 2.24) is 24.4 Å². The van der Waals surface area contributed by atoms with Crippen molar-refractivity contribution in [3.8, 4) is 0 Å². The number of nitrogens with two attached hydrogens (primary N) is 1. The van der Waals surface area contributed by atoms with E-state index in [1.165, 1.54) is 12.8 Å². The topological polar surface area (TPSA) is 89.9 Å². The molecule has 2 N–H and O–H groups in total. The molecular formula is C16H24N6O. The van der Waals surface area contributed by atoms with E-state index in [1.54, 1.807) is 12.5 Å². The van der Waals surface area contributed by atoms with Crippen LogP contribution in [0.5, 0.6) is 0 Å². The molecule has 1 amide bonds. The highest BCUT2D eigenvalue weighted by molar-refractivity contribution is 5.90. The van der Waals surface area contributed by atoms with Crippen molar-refractivity contribution >= 4 is 17.1 Å². The number of likely N-dealkylation sites (tertiary alicyclic amines) is 1. The number of hydrogen-bond acceptors (Lipinski definition) is 5. The van der Waals surface area contributed by atoms with E-state index in [0.717, 1.165) is 38.0 Å². The van der Waals surface area contributed by atoms with E-state index < -0.39 is 5.91 Å². The second-order valence-corrected chi connectivity index (χ2v) is 6.63. The minimum Gasteiger partial charge on any atom is -0.363 e. The monoisotopic (exact) mass is 316 g/mol. The lowest BCUT2D eigenvalue weighted by atomic mass is 9.87. The van der Waals surface area contributed by atoms with E-state index in [1.807, 2.05) is 4.57 Å². The van der Waals surface area contributed by atoms with Crippen LogP contribution < -0.4 is 5.73 Å². The Balaban J connectivity index is 1.64. The van der Waals surface area contributed by atoms with Gasteiger partial charge in [-0.2, -0.15) is 0 Å². The van der Waals surface area contributed by atoms with Crippen LogP contribution in [0.3, 0.4) is 0 Å². The lowest BCUT2D eigenvalue weighted by molar-refractivity contribution is 0.0990. The fraction of sp³-hybridized carbons (Fsp3) is 0.625. The first-order valence-corrected chi connectivity index (χ1v) is 8.24. The highest BCUT2D eigenvalue weighted by Gasteiger charge is 2.21. The van der Waals surface area contributed by atoms with Gasteiger partial charge in [0.1, 0.15) is 5.52 Å². The van der Waals surface area contributed by atoms with Crippen molar-refractivity contribution in [3.05, 3.63) is 18.3 Å².